The molecule has 2 heterocycles. The number of rotatable bonds is 5. The Morgan fingerprint density at radius 1 is 1.24 bits per heavy atom. The van der Waals surface area contributed by atoms with Crippen LogP contribution in [-0.4, -0.2) is 40.7 Å². The van der Waals surface area contributed by atoms with Crippen LogP contribution in [0.3, 0.4) is 0 Å². The van der Waals surface area contributed by atoms with Crippen LogP contribution in [0.25, 0.3) is 0 Å². The second-order valence-electron chi connectivity index (χ2n) is 7.00. The van der Waals surface area contributed by atoms with E-state index in [2.05, 4.69) is 15.7 Å². The Balaban J connectivity index is 1.73. The average Bonchev–Trinajstić information content (AvgIpc) is 3.11. The van der Waals surface area contributed by atoms with Gasteiger partial charge in [-0.3, -0.25) is 4.79 Å². The number of hydrogen-bond donors (Lipinski definition) is 2. The monoisotopic (exact) mass is 418 g/mol. The highest BCUT2D eigenvalue weighted by Crippen LogP contribution is 2.30. The van der Waals surface area contributed by atoms with Crippen molar-refractivity contribution in [3.8, 4) is 0 Å². The molecule has 1 amide bonds. The molecule has 158 valence electrons. The standard InChI is InChI=1S/C18H19F5N4O2/c19-16(20)15-13(8-27(26-15)11-6-4-10(9-28)5-7-11)25-17(29)12-2-1-3-14(24-12)18(21,22)23/h1-3,8-11,15-16,26H,4-7H2,(H,25,29)/t10-,11-,15?. The summed E-state index contributed by atoms with van der Waals surface area (Å²) in [5.41, 5.74) is 0.695. The maximum absolute atomic E-state index is 13.4. The summed E-state index contributed by atoms with van der Waals surface area (Å²) >= 11 is 0. The number of pyridine rings is 1. The zero-order valence-corrected chi connectivity index (χ0v) is 15.1. The zero-order valence-electron chi connectivity index (χ0n) is 15.1. The highest BCUT2D eigenvalue weighted by Gasteiger charge is 2.37. The quantitative estimate of drug-likeness (QED) is 0.568. The molecule has 1 unspecified atom stereocenters. The Morgan fingerprint density at radius 2 is 1.93 bits per heavy atom. The fourth-order valence-electron chi connectivity index (χ4n) is 3.44. The van der Waals surface area contributed by atoms with E-state index in [1.807, 2.05) is 0 Å². The second-order valence-corrected chi connectivity index (χ2v) is 7.00. The molecule has 0 saturated heterocycles. The normalized spacial score (nSPS) is 25.1. The Hall–Kier alpha value is -2.56. The number of hydrazine groups is 1. The molecule has 2 N–H and O–H groups in total. The van der Waals surface area contributed by atoms with E-state index in [-0.39, 0.29) is 17.7 Å². The van der Waals surface area contributed by atoms with Crippen molar-refractivity contribution in [1.82, 2.24) is 20.7 Å². The van der Waals surface area contributed by atoms with Gasteiger partial charge in [-0.25, -0.2) is 19.2 Å². The maximum atomic E-state index is 13.4. The number of nitrogens with one attached hydrogen (secondary N) is 2. The van der Waals surface area contributed by atoms with E-state index in [9.17, 15) is 31.5 Å². The van der Waals surface area contributed by atoms with E-state index in [4.69, 9.17) is 0 Å². The Kier molecular flexibility index (Phi) is 6.15. The molecule has 0 radical (unpaired) electrons. The first-order valence-corrected chi connectivity index (χ1v) is 9.04. The predicted molar refractivity (Wildman–Crippen MR) is 91.4 cm³/mol. The molecule has 1 aliphatic heterocycles. The van der Waals surface area contributed by atoms with Crippen molar-refractivity contribution in [3.63, 3.8) is 0 Å². The third kappa shape index (κ3) is 4.89. The fraction of sp³-hybridized carbons (Fsp3) is 0.500. The van der Waals surface area contributed by atoms with Crippen LogP contribution in [-0.2, 0) is 11.0 Å². The molecule has 1 fully saturated rings. The minimum atomic E-state index is -4.73. The molecule has 6 nitrogen and oxygen atoms in total. The number of halogens is 5. The molecule has 0 bridgehead atoms. The minimum Gasteiger partial charge on any atom is -0.321 e. The van der Waals surface area contributed by atoms with E-state index in [1.54, 1.807) is 0 Å². The second kappa shape index (κ2) is 8.44. The molecule has 1 atom stereocenters. The van der Waals surface area contributed by atoms with E-state index in [1.165, 1.54) is 11.2 Å². The lowest BCUT2D eigenvalue weighted by Crippen LogP contribution is -2.47. The number of nitrogens with zero attached hydrogens (tertiary/aromatic N) is 2. The highest BCUT2D eigenvalue weighted by atomic mass is 19.4. The largest absolute Gasteiger partial charge is 0.433 e. The smallest absolute Gasteiger partial charge is 0.321 e. The molecular weight excluding hydrogens is 399 g/mol. The lowest BCUT2D eigenvalue weighted by molar-refractivity contribution is -0.141. The van der Waals surface area contributed by atoms with Crippen molar-refractivity contribution in [1.29, 1.82) is 0 Å². The van der Waals surface area contributed by atoms with Gasteiger partial charge >= 0.3 is 6.18 Å². The van der Waals surface area contributed by atoms with E-state index < -0.39 is 35.9 Å². The Morgan fingerprint density at radius 3 is 2.52 bits per heavy atom. The van der Waals surface area contributed by atoms with Crippen LogP contribution in [0.15, 0.2) is 30.1 Å². The van der Waals surface area contributed by atoms with E-state index in [0.29, 0.717) is 31.7 Å². The highest BCUT2D eigenvalue weighted by molar-refractivity contribution is 5.93. The van der Waals surface area contributed by atoms with Gasteiger partial charge in [0.2, 0.25) is 0 Å². The number of amides is 1. The van der Waals surface area contributed by atoms with Crippen LogP contribution in [0.5, 0.6) is 0 Å². The third-order valence-corrected chi connectivity index (χ3v) is 5.01. The summed E-state index contributed by atoms with van der Waals surface area (Å²) in [6.07, 6.45) is -2.88. The van der Waals surface area contributed by atoms with Crippen molar-refractivity contribution >= 4 is 12.2 Å². The van der Waals surface area contributed by atoms with Gasteiger partial charge in [0.1, 0.15) is 23.7 Å². The number of aromatic nitrogens is 1. The number of hydrogen-bond acceptors (Lipinski definition) is 5. The summed E-state index contributed by atoms with van der Waals surface area (Å²) < 4.78 is 65.2. The van der Waals surface area contributed by atoms with Gasteiger partial charge < -0.3 is 15.1 Å². The van der Waals surface area contributed by atoms with Crippen molar-refractivity contribution in [2.24, 2.45) is 5.92 Å². The lowest BCUT2D eigenvalue weighted by Gasteiger charge is -2.33. The molecule has 0 spiro atoms. The minimum absolute atomic E-state index is 0.0464. The molecule has 1 saturated carbocycles. The Bertz CT molecular complexity index is 791. The Labute approximate surface area is 163 Å². The summed E-state index contributed by atoms with van der Waals surface area (Å²) in [7, 11) is 0. The number of carbonyl (C=O) groups is 2. The van der Waals surface area contributed by atoms with Gasteiger partial charge in [-0.05, 0) is 37.8 Å². The summed E-state index contributed by atoms with van der Waals surface area (Å²) in [5, 5.41) is 3.73. The molecule has 1 aliphatic carbocycles. The van der Waals surface area contributed by atoms with Crippen molar-refractivity contribution in [3.05, 3.63) is 41.5 Å². The summed E-state index contributed by atoms with van der Waals surface area (Å²) in [5.74, 6) is -1.06. The lowest BCUT2D eigenvalue weighted by atomic mass is 9.87. The van der Waals surface area contributed by atoms with E-state index >= 15 is 0 Å². The molecule has 0 aromatic carbocycles. The van der Waals surface area contributed by atoms with Crippen LogP contribution in [0.2, 0.25) is 0 Å². The molecule has 2 aliphatic rings. The number of carbonyl (C=O) groups excluding carboxylic acids is 2. The molecule has 11 heteroatoms. The first-order chi connectivity index (χ1) is 13.7. The van der Waals surface area contributed by atoms with Gasteiger partial charge in [-0.15, -0.1) is 0 Å². The molecule has 3 rings (SSSR count). The maximum Gasteiger partial charge on any atom is 0.433 e. The van der Waals surface area contributed by atoms with E-state index in [0.717, 1.165) is 18.4 Å². The topological polar surface area (TPSA) is 74.3 Å². The zero-order chi connectivity index (χ0) is 21.2. The summed E-state index contributed by atoms with van der Waals surface area (Å²) in [4.78, 5) is 26.4. The van der Waals surface area contributed by atoms with Gasteiger partial charge in [0.25, 0.3) is 12.3 Å². The average molecular weight is 418 g/mol. The van der Waals surface area contributed by atoms with Gasteiger partial charge in [0, 0.05) is 18.2 Å². The summed E-state index contributed by atoms with van der Waals surface area (Å²) in [6.45, 7) is 0. The predicted octanol–water partition coefficient (Wildman–Crippen LogP) is 2.88. The fourth-order valence-corrected chi connectivity index (χ4v) is 3.44. The van der Waals surface area contributed by atoms with Gasteiger partial charge in [-0.2, -0.15) is 13.2 Å². The van der Waals surface area contributed by atoms with Gasteiger partial charge in [0.05, 0.1) is 5.70 Å². The molecule has 1 aromatic heterocycles. The van der Waals surface area contributed by atoms with Gasteiger partial charge in [0.15, 0.2) is 0 Å². The van der Waals surface area contributed by atoms with Crippen molar-refractivity contribution in [2.75, 3.05) is 0 Å². The number of alkyl halides is 5. The van der Waals surface area contributed by atoms with Crippen molar-refractivity contribution < 1.29 is 31.5 Å². The SMILES string of the molecule is O=C[C@H]1CC[C@H](N2C=C(NC(=O)c3cccc(C(F)(F)F)n3)C(C(F)F)N2)CC1. The van der Waals surface area contributed by atoms with Crippen molar-refractivity contribution in [2.45, 2.75) is 50.4 Å². The van der Waals surface area contributed by atoms with Crippen LogP contribution in [0.4, 0.5) is 22.0 Å². The van der Waals surface area contributed by atoms with Crippen LogP contribution < -0.4 is 10.7 Å². The molecule has 29 heavy (non-hydrogen) atoms. The van der Waals surface area contributed by atoms with Crippen LogP contribution in [0, 0.1) is 5.92 Å². The molecular formula is C18H19F5N4O2. The molecule has 1 aromatic rings. The third-order valence-electron chi connectivity index (χ3n) is 5.01. The van der Waals surface area contributed by atoms with Crippen LogP contribution >= 0.6 is 0 Å². The number of aldehydes is 1. The van der Waals surface area contributed by atoms with Crippen LogP contribution in [0.1, 0.15) is 41.9 Å². The summed E-state index contributed by atoms with van der Waals surface area (Å²) in [6, 6.07) is 1.17. The van der Waals surface area contributed by atoms with Gasteiger partial charge in [-0.1, -0.05) is 6.07 Å². The first kappa shape index (κ1) is 21.2. The first-order valence-electron chi connectivity index (χ1n) is 9.04.